The van der Waals surface area contributed by atoms with Gasteiger partial charge in [-0.2, -0.15) is 9.94 Å². The van der Waals surface area contributed by atoms with E-state index in [0.29, 0.717) is 11.4 Å². The molecule has 1 aliphatic rings. The molecule has 1 aromatic heterocycles. The molecule has 4 rings (SSSR count). The molecular weight excluding hydrogens is 382 g/mol. The topological polar surface area (TPSA) is 84.5 Å². The molecule has 0 unspecified atom stereocenters. The number of nitrogens with zero attached hydrogens (tertiary/aromatic N) is 5. The third kappa shape index (κ3) is 2.65. The average molecular weight is 394 g/mol. The number of rotatable bonds is 3. The number of benzene rings is 2. The number of carbonyl (C=O) groups is 1. The van der Waals surface area contributed by atoms with Crippen molar-refractivity contribution in [1.82, 2.24) is 20.2 Å². The second-order valence-electron chi connectivity index (χ2n) is 5.86. The molecular formula is C18H12BrN5O. The van der Waals surface area contributed by atoms with Crippen LogP contribution in [0, 0.1) is 11.3 Å². The monoisotopic (exact) mass is 393 g/mol. The zero-order valence-corrected chi connectivity index (χ0v) is 14.6. The normalized spacial score (nSPS) is 18.1. The standard InChI is InChI=1S/C18H12BrN5O/c19-12-7-5-11(6-8-12)17(25)9-14-13-3-1-2-4-16(13)24-18(15(14)10-20)21-22-23-24/h1-8,14-15H,9H2/t14-,15+/m1/s1. The van der Waals surface area contributed by atoms with Gasteiger partial charge in [-0.1, -0.05) is 46.3 Å². The van der Waals surface area contributed by atoms with E-state index in [1.807, 2.05) is 36.4 Å². The number of carbonyl (C=O) groups excluding carboxylic acids is 1. The number of hydrogen-bond acceptors (Lipinski definition) is 5. The summed E-state index contributed by atoms with van der Waals surface area (Å²) >= 11 is 3.37. The molecule has 0 saturated carbocycles. The van der Waals surface area contributed by atoms with E-state index < -0.39 is 5.92 Å². The molecule has 0 radical (unpaired) electrons. The summed E-state index contributed by atoms with van der Waals surface area (Å²) < 4.78 is 2.50. The predicted molar refractivity (Wildman–Crippen MR) is 93.3 cm³/mol. The van der Waals surface area contributed by atoms with Crippen LogP contribution in [0.3, 0.4) is 0 Å². The van der Waals surface area contributed by atoms with Gasteiger partial charge in [0.2, 0.25) is 0 Å². The highest BCUT2D eigenvalue weighted by atomic mass is 79.9. The smallest absolute Gasteiger partial charge is 0.174 e. The van der Waals surface area contributed by atoms with Gasteiger partial charge in [-0.3, -0.25) is 4.79 Å². The highest BCUT2D eigenvalue weighted by molar-refractivity contribution is 9.10. The number of hydrogen-bond donors (Lipinski definition) is 0. The summed E-state index contributed by atoms with van der Waals surface area (Å²) in [7, 11) is 0. The summed E-state index contributed by atoms with van der Waals surface area (Å²) in [5, 5.41) is 21.4. The Bertz CT molecular complexity index is 989. The molecule has 0 bridgehead atoms. The fraction of sp³-hybridized carbons (Fsp3) is 0.167. The summed E-state index contributed by atoms with van der Waals surface area (Å²) in [6.07, 6.45) is 0.226. The van der Waals surface area contributed by atoms with Gasteiger partial charge in [-0.05, 0) is 34.2 Å². The van der Waals surface area contributed by atoms with Gasteiger partial charge in [0, 0.05) is 22.4 Å². The first-order valence-corrected chi connectivity index (χ1v) is 8.54. The van der Waals surface area contributed by atoms with Crippen LogP contribution in [0.4, 0.5) is 0 Å². The molecule has 122 valence electrons. The lowest BCUT2D eigenvalue weighted by Gasteiger charge is -2.28. The van der Waals surface area contributed by atoms with Crippen molar-refractivity contribution in [3.05, 3.63) is 70.0 Å². The summed E-state index contributed by atoms with van der Waals surface area (Å²) in [6, 6.07) is 17.2. The summed E-state index contributed by atoms with van der Waals surface area (Å²) in [6.45, 7) is 0. The van der Waals surface area contributed by atoms with Crippen LogP contribution in [-0.4, -0.2) is 26.0 Å². The van der Waals surface area contributed by atoms with Crippen LogP contribution in [-0.2, 0) is 0 Å². The van der Waals surface area contributed by atoms with E-state index >= 15 is 0 Å². The fourth-order valence-electron chi connectivity index (χ4n) is 3.24. The Morgan fingerprint density at radius 2 is 1.96 bits per heavy atom. The van der Waals surface area contributed by atoms with Gasteiger partial charge in [0.15, 0.2) is 11.6 Å². The Morgan fingerprint density at radius 1 is 1.20 bits per heavy atom. The van der Waals surface area contributed by atoms with Crippen LogP contribution in [0.1, 0.15) is 40.0 Å². The van der Waals surface area contributed by atoms with Crippen molar-refractivity contribution in [2.45, 2.75) is 18.3 Å². The lowest BCUT2D eigenvalue weighted by Crippen LogP contribution is -2.24. The second kappa shape index (κ2) is 6.22. The predicted octanol–water partition coefficient (Wildman–Crippen LogP) is 3.40. The molecule has 3 aromatic rings. The fourth-order valence-corrected chi connectivity index (χ4v) is 3.51. The minimum Gasteiger partial charge on any atom is -0.294 e. The molecule has 0 fully saturated rings. The maximum absolute atomic E-state index is 12.8. The number of fused-ring (bicyclic) bond motifs is 3. The molecule has 0 amide bonds. The zero-order chi connectivity index (χ0) is 17.4. The van der Waals surface area contributed by atoms with Crippen molar-refractivity contribution >= 4 is 21.7 Å². The minimum absolute atomic E-state index is 0.00604. The first kappa shape index (κ1) is 15.7. The van der Waals surface area contributed by atoms with Crippen LogP contribution in [0.5, 0.6) is 0 Å². The van der Waals surface area contributed by atoms with Crippen LogP contribution in [0.2, 0.25) is 0 Å². The van der Waals surface area contributed by atoms with Crippen LogP contribution in [0.15, 0.2) is 53.0 Å². The molecule has 2 atom stereocenters. The first-order valence-electron chi connectivity index (χ1n) is 7.75. The lowest BCUT2D eigenvalue weighted by molar-refractivity contribution is 0.0970. The molecule has 1 aliphatic heterocycles. The molecule has 0 spiro atoms. The minimum atomic E-state index is -0.565. The number of ketones is 1. The van der Waals surface area contributed by atoms with Crippen molar-refractivity contribution in [2.24, 2.45) is 0 Å². The van der Waals surface area contributed by atoms with Gasteiger partial charge in [0.25, 0.3) is 0 Å². The SMILES string of the molecule is N#C[C@@H]1c2nnnn2-c2ccccc2[C@H]1CC(=O)c1ccc(Br)cc1. The average Bonchev–Trinajstić information content (AvgIpc) is 3.12. The van der Waals surface area contributed by atoms with Gasteiger partial charge in [0.1, 0.15) is 5.92 Å². The highest BCUT2D eigenvalue weighted by Gasteiger charge is 2.37. The lowest BCUT2D eigenvalue weighted by atomic mass is 9.79. The van der Waals surface area contributed by atoms with Gasteiger partial charge in [0.05, 0.1) is 11.8 Å². The highest BCUT2D eigenvalue weighted by Crippen LogP contribution is 2.42. The number of halogens is 1. The van der Waals surface area contributed by atoms with Crippen molar-refractivity contribution in [3.63, 3.8) is 0 Å². The molecule has 2 heterocycles. The number of Topliss-reactive ketones (excluding diaryl/α,β-unsaturated/α-hetero) is 1. The Morgan fingerprint density at radius 3 is 2.72 bits per heavy atom. The van der Waals surface area contributed by atoms with Crippen LogP contribution in [0.25, 0.3) is 5.69 Å². The number of tetrazole rings is 1. The number of aromatic nitrogens is 4. The molecule has 25 heavy (non-hydrogen) atoms. The molecule has 7 heteroatoms. The van der Waals surface area contributed by atoms with Crippen molar-refractivity contribution < 1.29 is 4.79 Å². The quantitative estimate of drug-likeness (QED) is 0.636. The van der Waals surface area contributed by atoms with Gasteiger partial charge < -0.3 is 0 Å². The zero-order valence-electron chi connectivity index (χ0n) is 13.0. The Kier molecular flexibility index (Phi) is 3.90. The largest absolute Gasteiger partial charge is 0.294 e. The van der Waals surface area contributed by atoms with Gasteiger partial charge in [-0.25, -0.2) is 0 Å². The number of nitriles is 1. The van der Waals surface area contributed by atoms with Crippen molar-refractivity contribution in [1.29, 1.82) is 5.26 Å². The molecule has 0 saturated heterocycles. The van der Waals surface area contributed by atoms with Crippen LogP contribution >= 0.6 is 15.9 Å². The van der Waals surface area contributed by atoms with E-state index in [1.54, 1.807) is 16.8 Å². The van der Waals surface area contributed by atoms with Crippen molar-refractivity contribution in [3.8, 4) is 11.8 Å². The van der Waals surface area contributed by atoms with Gasteiger partial charge >= 0.3 is 0 Å². The Hall–Kier alpha value is -2.85. The van der Waals surface area contributed by atoms with E-state index in [2.05, 4.69) is 37.5 Å². The first-order chi connectivity index (χ1) is 12.2. The van der Waals surface area contributed by atoms with E-state index in [1.165, 1.54) is 0 Å². The molecule has 2 aromatic carbocycles. The van der Waals surface area contributed by atoms with E-state index in [4.69, 9.17) is 0 Å². The Balaban J connectivity index is 1.74. The summed E-state index contributed by atoms with van der Waals surface area (Å²) in [4.78, 5) is 12.8. The maximum Gasteiger partial charge on any atom is 0.174 e. The Labute approximate surface area is 152 Å². The van der Waals surface area contributed by atoms with Crippen LogP contribution < -0.4 is 0 Å². The van der Waals surface area contributed by atoms with E-state index in [-0.39, 0.29) is 18.1 Å². The molecule has 0 aliphatic carbocycles. The third-order valence-electron chi connectivity index (χ3n) is 4.45. The van der Waals surface area contributed by atoms with Crippen molar-refractivity contribution in [2.75, 3.05) is 0 Å². The molecule has 6 nitrogen and oxygen atoms in total. The summed E-state index contributed by atoms with van der Waals surface area (Å²) in [5.41, 5.74) is 2.37. The van der Waals surface area contributed by atoms with E-state index in [0.717, 1.165) is 15.7 Å². The van der Waals surface area contributed by atoms with Gasteiger partial charge in [-0.15, -0.1) is 5.10 Å². The molecule has 0 N–H and O–H groups in total. The maximum atomic E-state index is 12.8. The summed E-state index contributed by atoms with van der Waals surface area (Å²) in [5.74, 6) is -0.372. The number of para-hydroxylation sites is 1. The third-order valence-corrected chi connectivity index (χ3v) is 4.98. The second-order valence-corrected chi connectivity index (χ2v) is 6.77. The van der Waals surface area contributed by atoms with E-state index in [9.17, 15) is 10.1 Å².